The Hall–Kier alpha value is -0.360. The summed E-state index contributed by atoms with van der Waals surface area (Å²) in [7, 11) is 0. The lowest BCUT2D eigenvalue weighted by Gasteiger charge is -2.09. The van der Waals surface area contributed by atoms with Gasteiger partial charge in [-0.05, 0) is 6.42 Å². The van der Waals surface area contributed by atoms with Crippen molar-refractivity contribution < 1.29 is 23.7 Å². The first-order valence-corrected chi connectivity index (χ1v) is 16.2. The van der Waals surface area contributed by atoms with Crippen molar-refractivity contribution in [1.29, 1.82) is 0 Å². The molecule has 0 fully saturated rings. The zero-order valence-corrected chi connectivity index (χ0v) is 25.6. The smallest absolute Gasteiger partial charge is 0.0701 e. The molecule has 236 valence electrons. The third kappa shape index (κ3) is 37.6. The van der Waals surface area contributed by atoms with Crippen LogP contribution in [0.4, 0.5) is 0 Å². The van der Waals surface area contributed by atoms with Crippen molar-refractivity contribution in [2.75, 3.05) is 85.7 Å². The van der Waals surface area contributed by atoms with Gasteiger partial charge in [0.15, 0.2) is 0 Å². The van der Waals surface area contributed by atoms with Crippen molar-refractivity contribution in [3.63, 3.8) is 0 Å². The number of rotatable bonds is 36. The van der Waals surface area contributed by atoms with Crippen LogP contribution in [0.5, 0.6) is 0 Å². The number of hydrazine groups is 2. The van der Waals surface area contributed by atoms with Crippen LogP contribution in [-0.2, 0) is 23.7 Å². The van der Waals surface area contributed by atoms with Crippen molar-refractivity contribution >= 4 is 0 Å². The summed E-state index contributed by atoms with van der Waals surface area (Å²) in [5.41, 5.74) is 9.05. The number of nitrogens with two attached hydrogens (primary N) is 1. The zero-order chi connectivity index (χ0) is 28.2. The van der Waals surface area contributed by atoms with E-state index in [1.807, 2.05) is 0 Å². The second-order valence-corrected chi connectivity index (χ2v) is 10.2. The standard InChI is InChI=1S/C30H66N4O5/c1-2-3-4-5-6-7-8-9-10-11-12-13-14-15-16-17-18-33-34-20-22-36-24-26-38-28-30-39-29-27-37-25-23-35-21-19-32-31/h32-34H,2-31H2,1H3. The summed E-state index contributed by atoms with van der Waals surface area (Å²) in [6.07, 6.45) is 22.5. The van der Waals surface area contributed by atoms with Gasteiger partial charge in [0.25, 0.3) is 0 Å². The van der Waals surface area contributed by atoms with Crippen LogP contribution in [0.1, 0.15) is 110 Å². The van der Waals surface area contributed by atoms with E-state index < -0.39 is 0 Å². The number of hydrogen-bond donors (Lipinski definition) is 4. The van der Waals surface area contributed by atoms with E-state index >= 15 is 0 Å². The van der Waals surface area contributed by atoms with Gasteiger partial charge in [-0.1, -0.05) is 103 Å². The molecule has 0 aromatic rings. The lowest BCUT2D eigenvalue weighted by Crippen LogP contribution is -2.35. The summed E-state index contributed by atoms with van der Waals surface area (Å²) in [5, 5.41) is 0. The van der Waals surface area contributed by atoms with E-state index in [-0.39, 0.29) is 0 Å². The molecule has 9 nitrogen and oxygen atoms in total. The number of ether oxygens (including phenoxy) is 5. The van der Waals surface area contributed by atoms with E-state index in [2.05, 4.69) is 23.2 Å². The molecule has 0 amide bonds. The largest absolute Gasteiger partial charge is 0.378 e. The average Bonchev–Trinajstić information content (AvgIpc) is 2.95. The first-order chi connectivity index (χ1) is 19.4. The van der Waals surface area contributed by atoms with E-state index in [0.29, 0.717) is 72.6 Å². The predicted molar refractivity (Wildman–Crippen MR) is 162 cm³/mol. The topological polar surface area (TPSA) is 108 Å². The fourth-order valence-corrected chi connectivity index (χ4v) is 4.17. The molecular formula is C30H66N4O5. The van der Waals surface area contributed by atoms with Crippen molar-refractivity contribution in [2.45, 2.75) is 110 Å². The average molecular weight is 563 g/mol. The molecule has 0 atom stereocenters. The number of unbranched alkanes of at least 4 members (excludes halogenated alkanes) is 15. The highest BCUT2D eigenvalue weighted by molar-refractivity contribution is 4.51. The molecule has 0 aromatic heterocycles. The molecule has 0 saturated carbocycles. The van der Waals surface area contributed by atoms with Crippen LogP contribution in [0.3, 0.4) is 0 Å². The van der Waals surface area contributed by atoms with Gasteiger partial charge in [-0.15, -0.1) is 0 Å². The summed E-state index contributed by atoms with van der Waals surface area (Å²) in [6, 6.07) is 0. The van der Waals surface area contributed by atoms with Gasteiger partial charge in [-0.2, -0.15) is 0 Å². The van der Waals surface area contributed by atoms with Crippen molar-refractivity contribution in [3.05, 3.63) is 0 Å². The van der Waals surface area contributed by atoms with Gasteiger partial charge in [0, 0.05) is 19.6 Å². The second-order valence-electron chi connectivity index (χ2n) is 10.2. The van der Waals surface area contributed by atoms with E-state index in [4.69, 9.17) is 29.5 Å². The molecule has 0 heterocycles. The Morgan fingerprint density at radius 1 is 0.359 bits per heavy atom. The molecule has 0 aliphatic carbocycles. The molecule has 0 spiro atoms. The first kappa shape index (κ1) is 38.6. The summed E-state index contributed by atoms with van der Waals surface area (Å²) >= 11 is 0. The minimum absolute atomic E-state index is 0.558. The van der Waals surface area contributed by atoms with Gasteiger partial charge in [0.2, 0.25) is 0 Å². The maximum absolute atomic E-state index is 5.57. The van der Waals surface area contributed by atoms with Crippen LogP contribution in [0, 0.1) is 0 Å². The van der Waals surface area contributed by atoms with E-state index in [0.717, 1.165) is 13.1 Å². The molecule has 39 heavy (non-hydrogen) atoms. The van der Waals surface area contributed by atoms with Crippen LogP contribution < -0.4 is 22.1 Å². The van der Waals surface area contributed by atoms with E-state index in [1.165, 1.54) is 103 Å². The summed E-state index contributed by atoms with van der Waals surface area (Å²) < 4.78 is 27.2. The monoisotopic (exact) mass is 563 g/mol. The fraction of sp³-hybridized carbons (Fsp3) is 1.00. The van der Waals surface area contributed by atoms with Crippen LogP contribution in [0.15, 0.2) is 0 Å². The third-order valence-corrected chi connectivity index (χ3v) is 6.53. The Balaban J connectivity index is 3.01. The fourth-order valence-electron chi connectivity index (χ4n) is 4.17. The third-order valence-electron chi connectivity index (χ3n) is 6.53. The van der Waals surface area contributed by atoms with Crippen LogP contribution in [0.25, 0.3) is 0 Å². The molecule has 0 bridgehead atoms. The van der Waals surface area contributed by atoms with Crippen molar-refractivity contribution in [1.82, 2.24) is 16.3 Å². The van der Waals surface area contributed by atoms with Crippen molar-refractivity contribution in [2.24, 2.45) is 5.84 Å². The van der Waals surface area contributed by atoms with Crippen molar-refractivity contribution in [3.8, 4) is 0 Å². The summed E-state index contributed by atoms with van der Waals surface area (Å²) in [4.78, 5) is 0. The SMILES string of the molecule is CCCCCCCCCCCCCCCCCCNNCCOCCOCCOCCOCCOCCNN. The first-order valence-electron chi connectivity index (χ1n) is 16.2. The number of hydrogen-bond acceptors (Lipinski definition) is 9. The maximum Gasteiger partial charge on any atom is 0.0701 e. The lowest BCUT2D eigenvalue weighted by molar-refractivity contribution is -0.0106. The molecule has 0 rings (SSSR count). The van der Waals surface area contributed by atoms with Gasteiger partial charge >= 0.3 is 0 Å². The van der Waals surface area contributed by atoms with Crippen LogP contribution >= 0.6 is 0 Å². The predicted octanol–water partition coefficient (Wildman–Crippen LogP) is 4.89. The van der Waals surface area contributed by atoms with Crippen LogP contribution in [-0.4, -0.2) is 85.7 Å². The number of nitrogens with one attached hydrogen (secondary N) is 3. The molecule has 5 N–H and O–H groups in total. The Morgan fingerprint density at radius 3 is 1.05 bits per heavy atom. The highest BCUT2D eigenvalue weighted by Gasteiger charge is 1.96. The maximum atomic E-state index is 5.57. The molecular weight excluding hydrogens is 496 g/mol. The highest BCUT2D eigenvalue weighted by atomic mass is 16.6. The Labute approximate surface area is 241 Å². The molecule has 0 unspecified atom stereocenters. The lowest BCUT2D eigenvalue weighted by atomic mass is 10.0. The minimum Gasteiger partial charge on any atom is -0.378 e. The van der Waals surface area contributed by atoms with Gasteiger partial charge in [-0.25, -0.2) is 0 Å². The molecule has 0 aliphatic heterocycles. The Morgan fingerprint density at radius 2 is 0.667 bits per heavy atom. The van der Waals surface area contributed by atoms with Gasteiger partial charge < -0.3 is 23.7 Å². The Bertz CT molecular complexity index is 389. The molecule has 0 aromatic carbocycles. The van der Waals surface area contributed by atoms with Gasteiger partial charge in [0.1, 0.15) is 0 Å². The van der Waals surface area contributed by atoms with Gasteiger partial charge in [0.05, 0.1) is 66.1 Å². The van der Waals surface area contributed by atoms with Gasteiger partial charge in [-0.3, -0.25) is 22.1 Å². The quantitative estimate of drug-likeness (QED) is 0.0482. The summed E-state index contributed by atoms with van der Waals surface area (Å²) in [5.74, 6) is 5.15. The van der Waals surface area contributed by atoms with E-state index in [9.17, 15) is 0 Å². The minimum atomic E-state index is 0.558. The highest BCUT2D eigenvalue weighted by Crippen LogP contribution is 2.13. The molecule has 0 saturated heterocycles. The van der Waals surface area contributed by atoms with E-state index in [1.54, 1.807) is 0 Å². The zero-order valence-electron chi connectivity index (χ0n) is 25.6. The molecule has 9 heteroatoms. The van der Waals surface area contributed by atoms with Crippen LogP contribution in [0.2, 0.25) is 0 Å². The summed E-state index contributed by atoms with van der Waals surface area (Å²) in [6.45, 7) is 10.6. The normalized spacial score (nSPS) is 11.5. The Kier molecular flexibility index (Phi) is 37.3. The molecule has 0 radical (unpaired) electrons. The second kappa shape index (κ2) is 37.6. The molecule has 0 aliphatic rings.